The molecule has 0 aliphatic rings. The second-order valence-corrected chi connectivity index (χ2v) is 7.65. The number of benzene rings is 1. The van der Waals surface area contributed by atoms with Crippen molar-refractivity contribution in [3.05, 3.63) is 34.9 Å². The molecule has 0 saturated heterocycles. The van der Waals surface area contributed by atoms with E-state index in [2.05, 4.69) is 19.3 Å². The van der Waals surface area contributed by atoms with Crippen molar-refractivity contribution in [3.8, 4) is 0 Å². The summed E-state index contributed by atoms with van der Waals surface area (Å²) in [7, 11) is 0. The Bertz CT molecular complexity index is 551. The molecule has 2 amide bonds. The van der Waals surface area contributed by atoms with Gasteiger partial charge in [0.25, 0.3) is 5.91 Å². The molecule has 4 nitrogen and oxygen atoms in total. The van der Waals surface area contributed by atoms with Crippen molar-refractivity contribution in [1.29, 1.82) is 0 Å². The highest BCUT2D eigenvalue weighted by Gasteiger charge is 2.28. The summed E-state index contributed by atoms with van der Waals surface area (Å²) in [6, 6.07) is 5.69. The second-order valence-electron chi connectivity index (χ2n) is 7.65. The largest absolute Gasteiger partial charge is 0.273 e. The SMILES string of the molecule is Cc1cc(C)cc(C(=O)NN(C(=O)CCC(C)C)C(C)(C)C)c1. The molecular formula is C19H30N2O2. The molecule has 0 heterocycles. The van der Waals surface area contributed by atoms with Crippen LogP contribution in [-0.2, 0) is 4.79 Å². The van der Waals surface area contributed by atoms with Crippen LogP contribution in [0.4, 0.5) is 0 Å². The number of amides is 2. The van der Waals surface area contributed by atoms with Gasteiger partial charge in [-0.2, -0.15) is 0 Å². The van der Waals surface area contributed by atoms with Crippen LogP contribution in [0.1, 0.15) is 68.9 Å². The number of rotatable bonds is 4. The number of aryl methyl sites for hydroxylation is 2. The minimum atomic E-state index is -0.470. The standard InChI is InChI=1S/C19H30N2O2/c1-13(2)8-9-17(22)21(19(5,6)7)20-18(23)16-11-14(3)10-15(4)12-16/h10-13H,8-9H2,1-7H3,(H,20,23). The van der Waals surface area contributed by atoms with E-state index in [4.69, 9.17) is 0 Å². The average molecular weight is 318 g/mol. The van der Waals surface area contributed by atoms with Crippen LogP contribution in [0.3, 0.4) is 0 Å². The molecule has 0 saturated carbocycles. The van der Waals surface area contributed by atoms with Gasteiger partial charge in [-0.05, 0) is 59.1 Å². The van der Waals surface area contributed by atoms with Gasteiger partial charge in [0.1, 0.15) is 0 Å². The number of hydrogen-bond donors (Lipinski definition) is 1. The van der Waals surface area contributed by atoms with Crippen LogP contribution < -0.4 is 5.43 Å². The molecule has 0 unspecified atom stereocenters. The Morgan fingerprint density at radius 3 is 2.04 bits per heavy atom. The molecule has 1 N–H and O–H groups in total. The molecule has 1 aromatic carbocycles. The van der Waals surface area contributed by atoms with E-state index in [1.54, 1.807) is 0 Å². The second kappa shape index (κ2) is 7.62. The molecule has 128 valence electrons. The smallest absolute Gasteiger partial charge is 0.269 e. The Balaban J connectivity index is 2.92. The predicted molar refractivity (Wildman–Crippen MR) is 94.1 cm³/mol. The highest BCUT2D eigenvalue weighted by molar-refractivity contribution is 5.95. The van der Waals surface area contributed by atoms with Crippen LogP contribution in [-0.4, -0.2) is 22.4 Å². The molecular weight excluding hydrogens is 288 g/mol. The van der Waals surface area contributed by atoms with E-state index in [-0.39, 0.29) is 11.8 Å². The lowest BCUT2D eigenvalue weighted by Crippen LogP contribution is -2.55. The quantitative estimate of drug-likeness (QED) is 0.853. The van der Waals surface area contributed by atoms with Gasteiger partial charge < -0.3 is 0 Å². The van der Waals surface area contributed by atoms with Crippen LogP contribution in [0.15, 0.2) is 18.2 Å². The number of nitrogens with zero attached hydrogens (tertiary/aromatic N) is 1. The zero-order valence-corrected chi connectivity index (χ0v) is 15.5. The molecule has 1 aromatic rings. The minimum Gasteiger partial charge on any atom is -0.273 e. The van der Waals surface area contributed by atoms with Crippen molar-refractivity contribution in [2.45, 2.75) is 66.8 Å². The highest BCUT2D eigenvalue weighted by atomic mass is 16.2. The first-order valence-corrected chi connectivity index (χ1v) is 8.23. The molecule has 0 spiro atoms. The fourth-order valence-electron chi connectivity index (χ4n) is 2.40. The first kappa shape index (κ1) is 19.2. The first-order chi connectivity index (χ1) is 10.5. The first-order valence-electron chi connectivity index (χ1n) is 8.23. The molecule has 1 rings (SSSR count). The third-order valence-corrected chi connectivity index (χ3v) is 3.55. The lowest BCUT2D eigenvalue weighted by molar-refractivity contribution is -0.139. The van der Waals surface area contributed by atoms with Gasteiger partial charge in [-0.1, -0.05) is 31.0 Å². The Kier molecular flexibility index (Phi) is 6.37. The summed E-state index contributed by atoms with van der Waals surface area (Å²) in [6.07, 6.45) is 1.24. The lowest BCUT2D eigenvalue weighted by Gasteiger charge is -2.35. The normalized spacial score (nSPS) is 11.5. The predicted octanol–water partition coefficient (Wildman–Crippen LogP) is 4.01. The van der Waals surface area contributed by atoms with Gasteiger partial charge >= 0.3 is 0 Å². The fourth-order valence-corrected chi connectivity index (χ4v) is 2.40. The summed E-state index contributed by atoms with van der Waals surface area (Å²) in [5.41, 5.74) is 4.97. The van der Waals surface area contributed by atoms with Gasteiger partial charge in [0, 0.05) is 12.0 Å². The third kappa shape index (κ3) is 6.05. The van der Waals surface area contributed by atoms with Crippen molar-refractivity contribution in [3.63, 3.8) is 0 Å². The maximum Gasteiger partial charge on any atom is 0.269 e. The van der Waals surface area contributed by atoms with Gasteiger partial charge in [0.2, 0.25) is 5.91 Å². The maximum absolute atomic E-state index is 12.5. The van der Waals surface area contributed by atoms with Gasteiger partial charge in [-0.25, -0.2) is 5.01 Å². The molecule has 0 atom stereocenters. The van der Waals surface area contributed by atoms with Gasteiger partial charge in [0.15, 0.2) is 0 Å². The number of nitrogens with one attached hydrogen (secondary N) is 1. The van der Waals surface area contributed by atoms with Crippen molar-refractivity contribution in [1.82, 2.24) is 10.4 Å². The molecule has 0 bridgehead atoms. The van der Waals surface area contributed by atoms with Crippen LogP contribution in [0.25, 0.3) is 0 Å². The Labute approximate surface area is 140 Å². The van der Waals surface area contributed by atoms with E-state index in [0.29, 0.717) is 17.9 Å². The molecule has 0 aromatic heterocycles. The number of carbonyl (C=O) groups is 2. The third-order valence-electron chi connectivity index (χ3n) is 3.55. The summed E-state index contributed by atoms with van der Waals surface area (Å²) in [6.45, 7) is 13.8. The molecule has 23 heavy (non-hydrogen) atoms. The molecule has 4 heteroatoms. The molecule has 0 aliphatic heterocycles. The topological polar surface area (TPSA) is 49.4 Å². The maximum atomic E-state index is 12.5. The van der Waals surface area contributed by atoms with Crippen LogP contribution in [0, 0.1) is 19.8 Å². The Morgan fingerprint density at radius 1 is 1.09 bits per heavy atom. The zero-order valence-electron chi connectivity index (χ0n) is 15.5. The lowest BCUT2D eigenvalue weighted by atomic mass is 10.0. The minimum absolute atomic E-state index is 0.0519. The van der Waals surface area contributed by atoms with E-state index in [9.17, 15) is 9.59 Å². The van der Waals surface area contributed by atoms with Crippen LogP contribution in [0.2, 0.25) is 0 Å². The van der Waals surface area contributed by atoms with E-state index in [1.165, 1.54) is 5.01 Å². The number of carbonyl (C=O) groups excluding carboxylic acids is 2. The fraction of sp³-hybridized carbons (Fsp3) is 0.579. The van der Waals surface area contributed by atoms with E-state index < -0.39 is 5.54 Å². The molecule has 0 radical (unpaired) electrons. The summed E-state index contributed by atoms with van der Waals surface area (Å²) < 4.78 is 0. The number of hydrazine groups is 1. The van der Waals surface area contributed by atoms with Crippen molar-refractivity contribution in [2.24, 2.45) is 5.92 Å². The van der Waals surface area contributed by atoms with E-state index in [1.807, 2.05) is 52.8 Å². The van der Waals surface area contributed by atoms with Crippen LogP contribution in [0.5, 0.6) is 0 Å². The van der Waals surface area contributed by atoms with Crippen LogP contribution >= 0.6 is 0 Å². The summed E-state index contributed by atoms with van der Waals surface area (Å²) in [4.78, 5) is 25.1. The highest BCUT2D eigenvalue weighted by Crippen LogP contribution is 2.16. The Morgan fingerprint density at radius 2 is 1.61 bits per heavy atom. The van der Waals surface area contributed by atoms with Crippen molar-refractivity contribution in [2.75, 3.05) is 0 Å². The zero-order chi connectivity index (χ0) is 17.8. The average Bonchev–Trinajstić information content (AvgIpc) is 2.39. The van der Waals surface area contributed by atoms with Crippen molar-refractivity contribution < 1.29 is 9.59 Å². The molecule has 0 fully saturated rings. The number of hydrogen-bond acceptors (Lipinski definition) is 2. The molecule has 0 aliphatic carbocycles. The van der Waals surface area contributed by atoms with Crippen molar-refractivity contribution >= 4 is 11.8 Å². The summed E-state index contributed by atoms with van der Waals surface area (Å²) in [5.74, 6) is 0.157. The van der Waals surface area contributed by atoms with E-state index >= 15 is 0 Å². The Hall–Kier alpha value is -1.84. The summed E-state index contributed by atoms with van der Waals surface area (Å²) >= 11 is 0. The van der Waals surface area contributed by atoms with Gasteiger partial charge in [0.05, 0.1) is 5.54 Å². The monoisotopic (exact) mass is 318 g/mol. The summed E-state index contributed by atoms with van der Waals surface area (Å²) in [5, 5.41) is 1.47. The van der Waals surface area contributed by atoms with Gasteiger partial charge in [-0.15, -0.1) is 0 Å². The van der Waals surface area contributed by atoms with Gasteiger partial charge in [-0.3, -0.25) is 15.0 Å². The van der Waals surface area contributed by atoms with E-state index in [0.717, 1.165) is 17.5 Å².